The van der Waals surface area contributed by atoms with Crippen LogP contribution in [-0.2, 0) is 6.54 Å². The van der Waals surface area contributed by atoms with Gasteiger partial charge in [0.1, 0.15) is 16.4 Å². The number of benzene rings is 1. The second-order valence-corrected chi connectivity index (χ2v) is 4.41. The standard InChI is InChI=1S/C11H9F2N3OS/c12-6-1-2-7(14)10(13)9(6)11(17)16-5-8-15-3-4-18-8/h1-4H,5,14H2,(H,16,17). The van der Waals surface area contributed by atoms with Crippen LogP contribution in [0.25, 0.3) is 0 Å². The highest BCUT2D eigenvalue weighted by atomic mass is 32.1. The summed E-state index contributed by atoms with van der Waals surface area (Å²) in [5, 5.41) is 4.77. The van der Waals surface area contributed by atoms with Crippen LogP contribution in [0.2, 0.25) is 0 Å². The third-order valence-corrected chi connectivity index (χ3v) is 3.01. The fourth-order valence-corrected chi connectivity index (χ4v) is 1.92. The van der Waals surface area contributed by atoms with Crippen molar-refractivity contribution in [3.05, 3.63) is 45.9 Å². The van der Waals surface area contributed by atoms with E-state index in [1.807, 2.05) is 0 Å². The van der Waals surface area contributed by atoms with Gasteiger partial charge in [-0.1, -0.05) is 0 Å². The van der Waals surface area contributed by atoms with Gasteiger partial charge in [-0.25, -0.2) is 13.8 Å². The van der Waals surface area contributed by atoms with Crippen molar-refractivity contribution in [3.63, 3.8) is 0 Å². The molecule has 0 spiro atoms. The molecule has 18 heavy (non-hydrogen) atoms. The van der Waals surface area contributed by atoms with Gasteiger partial charge in [0.25, 0.3) is 5.91 Å². The first-order valence-corrected chi connectivity index (χ1v) is 5.87. The summed E-state index contributed by atoms with van der Waals surface area (Å²) in [7, 11) is 0. The van der Waals surface area contributed by atoms with Crippen LogP contribution in [0.5, 0.6) is 0 Å². The van der Waals surface area contributed by atoms with E-state index < -0.39 is 23.1 Å². The first-order valence-electron chi connectivity index (χ1n) is 4.99. The predicted molar refractivity (Wildman–Crippen MR) is 64.1 cm³/mol. The number of carbonyl (C=O) groups is 1. The monoisotopic (exact) mass is 269 g/mol. The summed E-state index contributed by atoms with van der Waals surface area (Å²) in [5.74, 6) is -2.85. The molecular weight excluding hydrogens is 260 g/mol. The number of nitrogens with one attached hydrogen (secondary N) is 1. The Morgan fingerprint density at radius 3 is 2.89 bits per heavy atom. The Labute approximate surface area is 105 Å². The van der Waals surface area contributed by atoms with Gasteiger partial charge in [-0.2, -0.15) is 0 Å². The Kier molecular flexibility index (Phi) is 3.52. The normalized spacial score (nSPS) is 10.3. The van der Waals surface area contributed by atoms with Crippen LogP contribution >= 0.6 is 11.3 Å². The average molecular weight is 269 g/mol. The Morgan fingerprint density at radius 1 is 1.44 bits per heavy atom. The first kappa shape index (κ1) is 12.4. The summed E-state index contributed by atoms with van der Waals surface area (Å²) in [6.07, 6.45) is 1.58. The van der Waals surface area contributed by atoms with Crippen molar-refractivity contribution in [2.45, 2.75) is 6.54 Å². The van der Waals surface area contributed by atoms with Crippen LogP contribution in [-0.4, -0.2) is 10.9 Å². The van der Waals surface area contributed by atoms with Crippen molar-refractivity contribution in [2.75, 3.05) is 5.73 Å². The third kappa shape index (κ3) is 2.45. The topological polar surface area (TPSA) is 68.0 Å². The van der Waals surface area contributed by atoms with Gasteiger partial charge in [0, 0.05) is 11.6 Å². The van der Waals surface area contributed by atoms with Gasteiger partial charge in [0.2, 0.25) is 0 Å². The van der Waals surface area contributed by atoms with Crippen LogP contribution in [0.3, 0.4) is 0 Å². The fraction of sp³-hybridized carbons (Fsp3) is 0.0909. The zero-order valence-corrected chi connectivity index (χ0v) is 9.93. The smallest absolute Gasteiger partial charge is 0.257 e. The Bertz CT molecular complexity index is 572. The second kappa shape index (κ2) is 5.09. The molecule has 0 bridgehead atoms. The van der Waals surface area contributed by atoms with Crippen molar-refractivity contribution in [1.82, 2.24) is 10.3 Å². The van der Waals surface area contributed by atoms with Crippen molar-refractivity contribution in [1.29, 1.82) is 0 Å². The predicted octanol–water partition coefficient (Wildman–Crippen LogP) is 1.93. The van der Waals surface area contributed by atoms with Crippen LogP contribution in [0.1, 0.15) is 15.4 Å². The molecule has 2 aromatic rings. The highest BCUT2D eigenvalue weighted by Gasteiger charge is 2.19. The summed E-state index contributed by atoms with van der Waals surface area (Å²) in [6.45, 7) is 0.115. The largest absolute Gasteiger partial charge is 0.396 e. The number of nitrogens with two attached hydrogens (primary N) is 1. The van der Waals surface area contributed by atoms with E-state index in [4.69, 9.17) is 5.73 Å². The molecule has 94 valence electrons. The second-order valence-electron chi connectivity index (χ2n) is 3.43. The van der Waals surface area contributed by atoms with E-state index in [2.05, 4.69) is 10.3 Å². The molecule has 3 N–H and O–H groups in total. The number of anilines is 1. The maximum Gasteiger partial charge on any atom is 0.257 e. The number of hydrogen-bond acceptors (Lipinski definition) is 4. The number of hydrogen-bond donors (Lipinski definition) is 2. The summed E-state index contributed by atoms with van der Waals surface area (Å²) < 4.78 is 26.9. The van der Waals surface area contributed by atoms with Crippen LogP contribution in [0.4, 0.5) is 14.5 Å². The van der Waals surface area contributed by atoms with Crippen LogP contribution < -0.4 is 11.1 Å². The lowest BCUT2D eigenvalue weighted by Gasteiger charge is -2.07. The Balaban J connectivity index is 2.16. The number of nitrogens with zero attached hydrogens (tertiary/aromatic N) is 1. The molecule has 1 aromatic carbocycles. The molecule has 0 radical (unpaired) electrons. The minimum Gasteiger partial charge on any atom is -0.396 e. The third-order valence-electron chi connectivity index (χ3n) is 2.23. The zero-order chi connectivity index (χ0) is 13.1. The molecule has 4 nitrogen and oxygen atoms in total. The number of amides is 1. The molecule has 0 saturated carbocycles. The number of rotatable bonds is 3. The maximum absolute atomic E-state index is 13.5. The number of carbonyl (C=O) groups excluding carboxylic acids is 1. The molecule has 2 rings (SSSR count). The van der Waals surface area contributed by atoms with E-state index in [1.165, 1.54) is 11.3 Å². The fourth-order valence-electron chi connectivity index (χ4n) is 1.36. The summed E-state index contributed by atoms with van der Waals surface area (Å²) in [6, 6.07) is 2.03. The van der Waals surface area contributed by atoms with Gasteiger partial charge in [-0.3, -0.25) is 4.79 Å². The van der Waals surface area contributed by atoms with Gasteiger partial charge < -0.3 is 11.1 Å². The van der Waals surface area contributed by atoms with E-state index in [-0.39, 0.29) is 12.2 Å². The number of thiazole rings is 1. The number of nitrogen functional groups attached to an aromatic ring is 1. The summed E-state index contributed by atoms with van der Waals surface area (Å²) >= 11 is 1.33. The molecule has 0 aliphatic carbocycles. The molecule has 7 heteroatoms. The molecule has 0 saturated heterocycles. The molecule has 0 fully saturated rings. The van der Waals surface area contributed by atoms with Gasteiger partial charge in [-0.05, 0) is 12.1 Å². The summed E-state index contributed by atoms with van der Waals surface area (Å²) in [5.41, 5.74) is 4.34. The molecule has 0 aliphatic rings. The van der Waals surface area contributed by atoms with Gasteiger partial charge >= 0.3 is 0 Å². The number of aromatic nitrogens is 1. The first-order chi connectivity index (χ1) is 8.59. The highest BCUT2D eigenvalue weighted by molar-refractivity contribution is 7.09. The molecule has 0 aliphatic heterocycles. The van der Waals surface area contributed by atoms with Gasteiger partial charge in [0.15, 0.2) is 5.82 Å². The lowest BCUT2D eigenvalue weighted by molar-refractivity contribution is 0.0942. The SMILES string of the molecule is Nc1ccc(F)c(C(=O)NCc2nccs2)c1F. The van der Waals surface area contributed by atoms with Crippen molar-refractivity contribution in [2.24, 2.45) is 0 Å². The van der Waals surface area contributed by atoms with Crippen molar-refractivity contribution >= 4 is 22.9 Å². The highest BCUT2D eigenvalue weighted by Crippen LogP contribution is 2.18. The van der Waals surface area contributed by atoms with Gasteiger partial charge in [-0.15, -0.1) is 11.3 Å². The molecule has 1 amide bonds. The molecule has 1 aromatic heterocycles. The van der Waals surface area contributed by atoms with Gasteiger partial charge in [0.05, 0.1) is 12.2 Å². The van der Waals surface area contributed by atoms with Crippen molar-refractivity contribution < 1.29 is 13.6 Å². The van der Waals surface area contributed by atoms with E-state index in [0.717, 1.165) is 12.1 Å². The zero-order valence-electron chi connectivity index (χ0n) is 9.11. The van der Waals surface area contributed by atoms with E-state index in [0.29, 0.717) is 5.01 Å². The molecular formula is C11H9F2N3OS. The van der Waals surface area contributed by atoms with Crippen LogP contribution in [0, 0.1) is 11.6 Å². The minimum atomic E-state index is -1.05. The van der Waals surface area contributed by atoms with E-state index in [1.54, 1.807) is 11.6 Å². The Hall–Kier alpha value is -2.02. The average Bonchev–Trinajstić information content (AvgIpc) is 2.85. The lowest BCUT2D eigenvalue weighted by atomic mass is 10.1. The van der Waals surface area contributed by atoms with E-state index in [9.17, 15) is 13.6 Å². The summed E-state index contributed by atoms with van der Waals surface area (Å²) in [4.78, 5) is 15.6. The van der Waals surface area contributed by atoms with E-state index >= 15 is 0 Å². The van der Waals surface area contributed by atoms with Crippen LogP contribution in [0.15, 0.2) is 23.7 Å². The molecule has 0 unspecified atom stereocenters. The minimum absolute atomic E-state index is 0.115. The molecule has 0 atom stereocenters. The Morgan fingerprint density at radius 2 is 2.22 bits per heavy atom. The number of halogens is 2. The maximum atomic E-state index is 13.5. The molecule has 1 heterocycles. The lowest BCUT2D eigenvalue weighted by Crippen LogP contribution is -2.25. The van der Waals surface area contributed by atoms with Crippen molar-refractivity contribution in [3.8, 4) is 0 Å². The quantitative estimate of drug-likeness (QED) is 0.837.